The Kier molecular flexibility index (Phi) is 5.85. The largest absolute Gasteiger partial charge is 0.573 e. The van der Waals surface area contributed by atoms with Gasteiger partial charge < -0.3 is 9.84 Å². The molecule has 0 saturated heterocycles. The first-order valence-corrected chi connectivity index (χ1v) is 9.52. The van der Waals surface area contributed by atoms with E-state index in [1.54, 1.807) is 36.8 Å². The molecular weight excluding hydrogens is 393 g/mol. The normalized spacial score (nSPS) is 14.2. The summed E-state index contributed by atoms with van der Waals surface area (Å²) >= 11 is 0. The Hall–Kier alpha value is -2.93. The number of aromatic nitrogens is 2. The highest BCUT2D eigenvalue weighted by molar-refractivity contribution is 5.63. The molecule has 1 unspecified atom stereocenters. The maximum atomic E-state index is 12.3. The number of aliphatic hydroxyl groups is 1. The number of hydrogen-bond acceptors (Lipinski definition) is 4. The molecule has 0 radical (unpaired) electrons. The minimum Gasteiger partial charge on any atom is -0.406 e. The number of pyridine rings is 2. The lowest BCUT2D eigenvalue weighted by Crippen LogP contribution is -2.43. The van der Waals surface area contributed by atoms with E-state index in [-0.39, 0.29) is 5.75 Å². The summed E-state index contributed by atoms with van der Waals surface area (Å²) in [6, 6.07) is 12.7. The zero-order chi connectivity index (χ0) is 22.0. The van der Waals surface area contributed by atoms with E-state index in [0.29, 0.717) is 28.8 Å². The van der Waals surface area contributed by atoms with Crippen molar-refractivity contribution in [3.8, 4) is 16.9 Å². The van der Waals surface area contributed by atoms with Gasteiger partial charge in [-0.05, 0) is 36.2 Å². The molecule has 2 heterocycles. The van der Waals surface area contributed by atoms with Gasteiger partial charge in [0.05, 0.1) is 5.69 Å². The maximum absolute atomic E-state index is 12.3. The molecule has 4 nitrogen and oxygen atoms in total. The Morgan fingerprint density at radius 3 is 2.10 bits per heavy atom. The zero-order valence-electron chi connectivity index (χ0n) is 16.9. The summed E-state index contributed by atoms with van der Waals surface area (Å²) in [7, 11) is 0. The molecule has 158 valence electrons. The predicted molar refractivity (Wildman–Crippen MR) is 108 cm³/mol. The number of ether oxygens (including phenoxy) is 1. The van der Waals surface area contributed by atoms with E-state index in [1.165, 1.54) is 24.3 Å². The third-order valence-corrected chi connectivity index (χ3v) is 5.50. The van der Waals surface area contributed by atoms with E-state index in [4.69, 9.17) is 0 Å². The van der Waals surface area contributed by atoms with E-state index in [0.717, 1.165) is 0 Å². The third-order valence-electron chi connectivity index (χ3n) is 5.50. The van der Waals surface area contributed by atoms with Crippen LogP contribution in [0.15, 0.2) is 67.1 Å². The number of alkyl halides is 3. The van der Waals surface area contributed by atoms with Crippen LogP contribution in [0.2, 0.25) is 0 Å². The first kappa shape index (κ1) is 21.8. The molecule has 3 rings (SSSR count). The minimum atomic E-state index is -4.73. The molecular formula is C23H23F3N2O2. The molecule has 2 aromatic heterocycles. The lowest BCUT2D eigenvalue weighted by Gasteiger charge is -2.42. The summed E-state index contributed by atoms with van der Waals surface area (Å²) in [6.07, 6.45) is 0.843. The third kappa shape index (κ3) is 4.31. The van der Waals surface area contributed by atoms with Crippen molar-refractivity contribution in [3.05, 3.63) is 78.4 Å². The van der Waals surface area contributed by atoms with E-state index in [1.807, 2.05) is 26.8 Å². The van der Waals surface area contributed by atoms with Crippen LogP contribution in [0, 0.1) is 5.41 Å². The molecule has 1 atom stereocenters. The molecule has 0 aliphatic rings. The van der Waals surface area contributed by atoms with Crippen LogP contribution in [-0.4, -0.2) is 21.4 Å². The van der Waals surface area contributed by atoms with Crippen LogP contribution in [-0.2, 0) is 5.60 Å². The average molecular weight is 416 g/mol. The second kappa shape index (κ2) is 8.07. The molecule has 7 heteroatoms. The molecule has 0 aliphatic heterocycles. The fourth-order valence-electron chi connectivity index (χ4n) is 3.35. The van der Waals surface area contributed by atoms with Crippen molar-refractivity contribution in [1.29, 1.82) is 0 Å². The van der Waals surface area contributed by atoms with Gasteiger partial charge in [0.1, 0.15) is 11.4 Å². The van der Waals surface area contributed by atoms with Gasteiger partial charge in [0.2, 0.25) is 0 Å². The molecule has 1 aromatic carbocycles. The van der Waals surface area contributed by atoms with Gasteiger partial charge in [0, 0.05) is 35.1 Å². The van der Waals surface area contributed by atoms with Crippen molar-refractivity contribution >= 4 is 0 Å². The van der Waals surface area contributed by atoms with Crippen LogP contribution in [0.5, 0.6) is 5.75 Å². The first-order chi connectivity index (χ1) is 14.1. The molecule has 0 spiro atoms. The molecule has 30 heavy (non-hydrogen) atoms. The van der Waals surface area contributed by atoms with E-state index >= 15 is 0 Å². The summed E-state index contributed by atoms with van der Waals surface area (Å²) < 4.78 is 40.9. The number of halogens is 3. The van der Waals surface area contributed by atoms with E-state index < -0.39 is 17.4 Å². The Bertz CT molecular complexity index is 972. The molecule has 1 N–H and O–H groups in total. The molecule has 0 aliphatic carbocycles. The number of rotatable bonds is 6. The summed E-state index contributed by atoms with van der Waals surface area (Å²) in [5, 5.41) is 11.8. The Morgan fingerprint density at radius 1 is 0.933 bits per heavy atom. The molecule has 0 saturated carbocycles. The highest BCUT2D eigenvalue weighted by Crippen LogP contribution is 2.46. The quantitative estimate of drug-likeness (QED) is 0.559. The van der Waals surface area contributed by atoms with Crippen molar-refractivity contribution < 1.29 is 23.0 Å². The van der Waals surface area contributed by atoms with Gasteiger partial charge in [-0.1, -0.05) is 45.0 Å². The smallest absolute Gasteiger partial charge is 0.406 e. The average Bonchev–Trinajstić information content (AvgIpc) is 2.73. The summed E-state index contributed by atoms with van der Waals surface area (Å²) in [4.78, 5) is 8.65. The van der Waals surface area contributed by atoms with Gasteiger partial charge in [0.25, 0.3) is 0 Å². The monoisotopic (exact) mass is 416 g/mol. The van der Waals surface area contributed by atoms with Gasteiger partial charge in [-0.3, -0.25) is 9.97 Å². The maximum Gasteiger partial charge on any atom is 0.573 e. The Labute approximate surface area is 173 Å². The van der Waals surface area contributed by atoms with Crippen LogP contribution in [0.1, 0.15) is 38.4 Å². The van der Waals surface area contributed by atoms with Crippen molar-refractivity contribution in [2.75, 3.05) is 0 Å². The fourth-order valence-corrected chi connectivity index (χ4v) is 3.35. The molecule has 3 aromatic rings. The van der Waals surface area contributed by atoms with Gasteiger partial charge >= 0.3 is 6.36 Å². The number of benzene rings is 1. The topological polar surface area (TPSA) is 55.2 Å². The van der Waals surface area contributed by atoms with Crippen LogP contribution in [0.3, 0.4) is 0 Å². The summed E-state index contributed by atoms with van der Waals surface area (Å²) in [6.45, 7) is 5.93. The molecule has 0 fully saturated rings. The predicted octanol–water partition coefficient (Wildman–Crippen LogP) is 5.71. The van der Waals surface area contributed by atoms with Crippen LogP contribution >= 0.6 is 0 Å². The number of hydrogen-bond donors (Lipinski definition) is 1. The lowest BCUT2D eigenvalue weighted by atomic mass is 9.67. The zero-order valence-corrected chi connectivity index (χ0v) is 16.9. The Morgan fingerprint density at radius 2 is 1.60 bits per heavy atom. The van der Waals surface area contributed by atoms with Crippen LogP contribution in [0.4, 0.5) is 13.2 Å². The van der Waals surface area contributed by atoms with E-state index in [2.05, 4.69) is 14.7 Å². The van der Waals surface area contributed by atoms with Gasteiger partial charge in [-0.2, -0.15) is 0 Å². The van der Waals surface area contributed by atoms with Gasteiger partial charge in [-0.15, -0.1) is 13.2 Å². The number of nitrogens with zero attached hydrogens (tertiary/aromatic N) is 2. The standard InChI is InChI=1S/C23H23F3N2O2/c1-4-21(2,3)22(29,18-6-5-13-27-15-18)20-12-9-17(14-28-20)16-7-10-19(11-8-16)30-23(24,25)26/h5-15,29H,4H2,1-3H3. The first-order valence-electron chi connectivity index (χ1n) is 9.52. The highest BCUT2D eigenvalue weighted by atomic mass is 19.4. The SMILES string of the molecule is CCC(C)(C)C(O)(c1cccnc1)c1ccc(-c2ccc(OC(F)(F)F)cc2)cn1. The van der Waals surface area contributed by atoms with Gasteiger partial charge in [-0.25, -0.2) is 0 Å². The molecule has 0 amide bonds. The summed E-state index contributed by atoms with van der Waals surface area (Å²) in [5.74, 6) is -0.286. The van der Waals surface area contributed by atoms with E-state index in [9.17, 15) is 18.3 Å². The van der Waals surface area contributed by atoms with Crippen molar-refractivity contribution in [1.82, 2.24) is 9.97 Å². The molecule has 0 bridgehead atoms. The summed E-state index contributed by atoms with van der Waals surface area (Å²) in [5.41, 5.74) is 0.623. The van der Waals surface area contributed by atoms with Crippen molar-refractivity contribution in [2.45, 2.75) is 39.2 Å². The van der Waals surface area contributed by atoms with Crippen molar-refractivity contribution in [3.63, 3.8) is 0 Å². The second-order valence-corrected chi connectivity index (χ2v) is 7.69. The van der Waals surface area contributed by atoms with Crippen LogP contribution in [0.25, 0.3) is 11.1 Å². The van der Waals surface area contributed by atoms with Crippen LogP contribution < -0.4 is 4.74 Å². The lowest BCUT2D eigenvalue weighted by molar-refractivity contribution is -0.274. The fraction of sp³-hybridized carbons (Fsp3) is 0.304. The second-order valence-electron chi connectivity index (χ2n) is 7.69. The van der Waals surface area contributed by atoms with Crippen molar-refractivity contribution in [2.24, 2.45) is 5.41 Å². The van der Waals surface area contributed by atoms with Gasteiger partial charge in [0.15, 0.2) is 0 Å². The highest BCUT2D eigenvalue weighted by Gasteiger charge is 2.46. The minimum absolute atomic E-state index is 0.286. The Balaban J connectivity index is 1.95.